The third-order valence-corrected chi connectivity index (χ3v) is 3.21. The summed E-state index contributed by atoms with van der Waals surface area (Å²) < 4.78 is 5.47. The molecule has 2 N–H and O–H groups in total. The van der Waals surface area contributed by atoms with E-state index in [2.05, 4.69) is 12.1 Å². The van der Waals surface area contributed by atoms with E-state index in [1.54, 1.807) is 0 Å². The Morgan fingerprint density at radius 3 is 2.75 bits per heavy atom. The second-order valence-electron chi connectivity index (χ2n) is 4.22. The van der Waals surface area contributed by atoms with Crippen molar-refractivity contribution < 1.29 is 4.74 Å². The zero-order valence-electron chi connectivity index (χ0n) is 9.69. The molecule has 1 aliphatic carbocycles. The highest BCUT2D eigenvalue weighted by atomic mass is 35.5. The van der Waals surface area contributed by atoms with Gasteiger partial charge in [0.05, 0.1) is 6.61 Å². The first-order valence-corrected chi connectivity index (χ1v) is 5.79. The number of hydrogen-bond donors (Lipinski definition) is 1. The van der Waals surface area contributed by atoms with Crippen molar-refractivity contribution in [1.82, 2.24) is 0 Å². The number of hydrogen-bond acceptors (Lipinski definition) is 2. The molecule has 1 saturated carbocycles. The molecule has 0 amide bonds. The van der Waals surface area contributed by atoms with Crippen molar-refractivity contribution in [1.29, 1.82) is 0 Å². The van der Waals surface area contributed by atoms with Gasteiger partial charge in [-0.25, -0.2) is 0 Å². The van der Waals surface area contributed by atoms with Gasteiger partial charge in [-0.1, -0.05) is 18.6 Å². The van der Waals surface area contributed by atoms with Crippen LogP contribution in [0.3, 0.4) is 0 Å². The van der Waals surface area contributed by atoms with Gasteiger partial charge in [0.15, 0.2) is 0 Å². The fourth-order valence-corrected chi connectivity index (χ4v) is 2.05. The molecule has 0 aromatic heterocycles. The van der Waals surface area contributed by atoms with Crippen molar-refractivity contribution >= 4 is 12.4 Å². The highest BCUT2D eigenvalue weighted by Gasteiger charge is 2.25. The second-order valence-corrected chi connectivity index (χ2v) is 4.22. The summed E-state index contributed by atoms with van der Waals surface area (Å²) in [4.78, 5) is 0. The Hall–Kier alpha value is -0.730. The van der Waals surface area contributed by atoms with Gasteiger partial charge in [-0.2, -0.15) is 0 Å². The lowest BCUT2D eigenvalue weighted by Crippen LogP contribution is -2.26. The lowest BCUT2D eigenvalue weighted by molar-refractivity contribution is 0.263. The van der Waals surface area contributed by atoms with Gasteiger partial charge in [0.25, 0.3) is 0 Å². The minimum atomic E-state index is 0. The van der Waals surface area contributed by atoms with Crippen LogP contribution in [-0.4, -0.2) is 6.61 Å². The summed E-state index contributed by atoms with van der Waals surface area (Å²) in [7, 11) is 0. The molecule has 1 aromatic carbocycles. The van der Waals surface area contributed by atoms with Gasteiger partial charge in [0, 0.05) is 6.04 Å². The van der Waals surface area contributed by atoms with Gasteiger partial charge in [-0.3, -0.25) is 0 Å². The Bertz CT molecular complexity index is 325. The summed E-state index contributed by atoms with van der Waals surface area (Å²) in [6.45, 7) is 2.71. The van der Waals surface area contributed by atoms with Gasteiger partial charge in [-0.05, 0) is 43.4 Å². The maximum absolute atomic E-state index is 6.21. The van der Waals surface area contributed by atoms with Crippen LogP contribution < -0.4 is 10.5 Å². The minimum Gasteiger partial charge on any atom is -0.494 e. The third kappa shape index (κ3) is 2.89. The average molecular weight is 242 g/mol. The highest BCUT2D eigenvalue weighted by Crippen LogP contribution is 2.36. The molecule has 1 atom stereocenters. The SMILES string of the molecule is CCOc1cccc([C@@H](N)C2CCC2)c1.Cl. The van der Waals surface area contributed by atoms with Crippen molar-refractivity contribution in [3.63, 3.8) is 0 Å². The van der Waals surface area contributed by atoms with Gasteiger partial charge >= 0.3 is 0 Å². The molecule has 1 aliphatic rings. The Labute approximate surface area is 104 Å². The summed E-state index contributed by atoms with van der Waals surface area (Å²) in [6.07, 6.45) is 3.89. The van der Waals surface area contributed by atoms with E-state index in [-0.39, 0.29) is 18.4 Å². The number of benzene rings is 1. The molecule has 2 nitrogen and oxygen atoms in total. The zero-order chi connectivity index (χ0) is 10.7. The Kier molecular flexibility index (Phi) is 5.10. The van der Waals surface area contributed by atoms with Crippen LogP contribution in [0, 0.1) is 5.92 Å². The maximum atomic E-state index is 6.21. The fraction of sp³-hybridized carbons (Fsp3) is 0.538. The van der Waals surface area contributed by atoms with Crippen molar-refractivity contribution in [3.8, 4) is 5.75 Å². The summed E-state index contributed by atoms with van der Waals surface area (Å²) >= 11 is 0. The predicted molar refractivity (Wildman–Crippen MR) is 69.1 cm³/mol. The van der Waals surface area contributed by atoms with E-state index in [4.69, 9.17) is 10.5 Å². The number of nitrogens with two attached hydrogens (primary N) is 1. The molecule has 0 radical (unpaired) electrons. The van der Waals surface area contributed by atoms with E-state index < -0.39 is 0 Å². The van der Waals surface area contributed by atoms with Crippen molar-refractivity contribution in [2.24, 2.45) is 11.7 Å². The van der Waals surface area contributed by atoms with E-state index in [0.29, 0.717) is 12.5 Å². The summed E-state index contributed by atoms with van der Waals surface area (Å²) in [6, 6.07) is 8.39. The molecule has 0 saturated heterocycles. The molecule has 1 fully saturated rings. The van der Waals surface area contributed by atoms with E-state index in [9.17, 15) is 0 Å². The summed E-state index contributed by atoms with van der Waals surface area (Å²) in [5, 5.41) is 0. The monoisotopic (exact) mass is 241 g/mol. The highest BCUT2D eigenvalue weighted by molar-refractivity contribution is 5.85. The first-order chi connectivity index (χ1) is 7.31. The molecular weight excluding hydrogens is 222 g/mol. The van der Waals surface area contributed by atoms with Crippen LogP contribution in [0.5, 0.6) is 5.75 Å². The van der Waals surface area contributed by atoms with E-state index in [0.717, 1.165) is 5.75 Å². The Balaban J connectivity index is 0.00000128. The predicted octanol–water partition coefficient (Wildman–Crippen LogP) is 3.31. The molecule has 0 heterocycles. The molecule has 90 valence electrons. The second kappa shape index (κ2) is 6.12. The van der Waals surface area contributed by atoms with Gasteiger partial charge < -0.3 is 10.5 Å². The van der Waals surface area contributed by atoms with Crippen molar-refractivity contribution in [3.05, 3.63) is 29.8 Å². The van der Waals surface area contributed by atoms with Crippen LogP contribution in [0.15, 0.2) is 24.3 Å². The molecular formula is C13H20ClNO. The third-order valence-electron chi connectivity index (χ3n) is 3.21. The molecule has 2 rings (SSSR count). The van der Waals surface area contributed by atoms with Crippen LogP contribution in [-0.2, 0) is 0 Å². The molecule has 3 heteroatoms. The van der Waals surface area contributed by atoms with Crippen LogP contribution >= 0.6 is 12.4 Å². The van der Waals surface area contributed by atoms with Crippen LogP contribution in [0.2, 0.25) is 0 Å². The van der Waals surface area contributed by atoms with Crippen LogP contribution in [0.1, 0.15) is 37.8 Å². The summed E-state index contributed by atoms with van der Waals surface area (Å²) in [5.41, 5.74) is 7.42. The normalized spacial score (nSPS) is 17.1. The first kappa shape index (κ1) is 13.3. The maximum Gasteiger partial charge on any atom is 0.119 e. The van der Waals surface area contributed by atoms with Gasteiger partial charge in [-0.15, -0.1) is 12.4 Å². The Morgan fingerprint density at radius 2 is 2.19 bits per heavy atom. The van der Waals surface area contributed by atoms with Crippen molar-refractivity contribution in [2.45, 2.75) is 32.2 Å². The van der Waals surface area contributed by atoms with Crippen molar-refractivity contribution in [2.75, 3.05) is 6.61 Å². The van der Waals surface area contributed by atoms with E-state index in [1.165, 1.54) is 24.8 Å². The molecule has 0 spiro atoms. The zero-order valence-corrected chi connectivity index (χ0v) is 10.5. The number of ether oxygens (including phenoxy) is 1. The molecule has 0 aliphatic heterocycles. The lowest BCUT2D eigenvalue weighted by atomic mass is 9.77. The fourth-order valence-electron chi connectivity index (χ4n) is 2.05. The first-order valence-electron chi connectivity index (χ1n) is 5.79. The minimum absolute atomic E-state index is 0. The molecule has 16 heavy (non-hydrogen) atoms. The van der Waals surface area contributed by atoms with Gasteiger partial charge in [0.1, 0.15) is 5.75 Å². The Morgan fingerprint density at radius 1 is 1.44 bits per heavy atom. The van der Waals surface area contributed by atoms with E-state index >= 15 is 0 Å². The summed E-state index contributed by atoms with van der Waals surface area (Å²) in [5.74, 6) is 1.62. The topological polar surface area (TPSA) is 35.2 Å². The standard InChI is InChI=1S/C13H19NO.ClH/c1-2-15-12-8-4-7-11(9-12)13(14)10-5-3-6-10;/h4,7-10,13H,2-3,5-6,14H2,1H3;1H/t13-;/m0./s1. The van der Waals surface area contributed by atoms with Crippen LogP contribution in [0.4, 0.5) is 0 Å². The molecule has 0 bridgehead atoms. The molecule has 1 aromatic rings. The smallest absolute Gasteiger partial charge is 0.119 e. The van der Waals surface area contributed by atoms with E-state index in [1.807, 2.05) is 19.1 Å². The molecule has 0 unspecified atom stereocenters. The quantitative estimate of drug-likeness (QED) is 0.878. The van der Waals surface area contributed by atoms with Crippen LogP contribution in [0.25, 0.3) is 0 Å². The average Bonchev–Trinajstić information content (AvgIpc) is 2.16. The number of rotatable bonds is 4. The largest absolute Gasteiger partial charge is 0.494 e. The number of halogens is 1. The van der Waals surface area contributed by atoms with Gasteiger partial charge in [0.2, 0.25) is 0 Å². The lowest BCUT2D eigenvalue weighted by Gasteiger charge is -2.31.